The molecule has 1 fully saturated rings. The van der Waals surface area contributed by atoms with Gasteiger partial charge in [-0.3, -0.25) is 4.21 Å². The molecule has 2 rings (SSSR count). The minimum atomic E-state index is -2.27. The Kier molecular flexibility index (Phi) is 5.94. The van der Waals surface area contributed by atoms with Crippen molar-refractivity contribution >= 4 is 16.9 Å². The number of nitrogens with one attached hydrogen (secondary N) is 1. The van der Waals surface area contributed by atoms with Crippen LogP contribution in [0.2, 0.25) is 0 Å². The summed E-state index contributed by atoms with van der Waals surface area (Å²) in [5.74, 6) is 1.42. The van der Waals surface area contributed by atoms with Gasteiger partial charge in [-0.05, 0) is 69.3 Å². The highest BCUT2D eigenvalue weighted by Gasteiger charge is 2.34. The van der Waals surface area contributed by atoms with Crippen LogP contribution in [0.3, 0.4) is 0 Å². The Bertz CT molecular complexity index is 522. The van der Waals surface area contributed by atoms with Crippen LogP contribution < -0.4 is 5.32 Å². The zero-order valence-corrected chi connectivity index (χ0v) is 14.5. The molecule has 1 aliphatic rings. The molecule has 5 nitrogen and oxygen atoms in total. The summed E-state index contributed by atoms with van der Waals surface area (Å²) in [5.41, 5.74) is 0.335. The standard InChI is InChI=1S/C16H27N3O2S/c1-16(2)11-13(12-19(16)3)7-4-5-10-17-14-8-6-9-15(18-14)22(20)21/h6,8-9,13H,4-5,7,10-12H2,1-3H3,(H,17,18)(H,20,21)/p-1. The van der Waals surface area contributed by atoms with Gasteiger partial charge in [0.05, 0.1) is 0 Å². The summed E-state index contributed by atoms with van der Waals surface area (Å²) < 4.78 is 21.7. The van der Waals surface area contributed by atoms with Crippen LogP contribution in [0.5, 0.6) is 0 Å². The van der Waals surface area contributed by atoms with Crippen molar-refractivity contribution in [2.45, 2.75) is 50.1 Å². The van der Waals surface area contributed by atoms with Crippen molar-refractivity contribution in [3.63, 3.8) is 0 Å². The fourth-order valence-corrected chi connectivity index (χ4v) is 3.50. The van der Waals surface area contributed by atoms with Crippen LogP contribution >= 0.6 is 0 Å². The van der Waals surface area contributed by atoms with Crippen molar-refractivity contribution in [3.05, 3.63) is 18.2 Å². The lowest BCUT2D eigenvalue weighted by Crippen LogP contribution is -2.34. The van der Waals surface area contributed by atoms with Crippen LogP contribution in [0, 0.1) is 5.92 Å². The van der Waals surface area contributed by atoms with E-state index in [1.165, 1.54) is 31.9 Å². The molecular formula is C16H26N3O2S-. The second kappa shape index (κ2) is 7.53. The second-order valence-corrected chi connectivity index (χ2v) is 7.67. The topological polar surface area (TPSA) is 68.3 Å². The monoisotopic (exact) mass is 324 g/mol. The van der Waals surface area contributed by atoms with Gasteiger partial charge in [0.15, 0.2) is 0 Å². The van der Waals surface area contributed by atoms with Crippen LogP contribution in [-0.2, 0) is 11.1 Å². The van der Waals surface area contributed by atoms with Crippen molar-refractivity contribution in [1.82, 2.24) is 9.88 Å². The molecule has 1 N–H and O–H groups in total. The Morgan fingerprint density at radius 1 is 1.45 bits per heavy atom. The zero-order chi connectivity index (χ0) is 16.2. The molecule has 1 saturated heterocycles. The number of aromatic nitrogens is 1. The maximum Gasteiger partial charge on any atom is 0.127 e. The second-order valence-electron chi connectivity index (χ2n) is 6.78. The van der Waals surface area contributed by atoms with Gasteiger partial charge in [-0.2, -0.15) is 0 Å². The molecule has 2 unspecified atom stereocenters. The molecule has 124 valence electrons. The Hall–Kier alpha value is -0.980. The molecule has 6 heteroatoms. The SMILES string of the molecule is CN1CC(CCCCNc2cccc(S(=O)[O-])n2)CC1(C)C. The third-order valence-corrected chi connectivity index (χ3v) is 5.16. The first-order chi connectivity index (χ1) is 10.4. The van der Waals surface area contributed by atoms with E-state index in [2.05, 4.69) is 36.1 Å². The van der Waals surface area contributed by atoms with E-state index in [-0.39, 0.29) is 5.03 Å². The lowest BCUT2D eigenvalue weighted by atomic mass is 9.93. The number of hydrogen-bond acceptors (Lipinski definition) is 5. The quantitative estimate of drug-likeness (QED) is 0.617. The molecule has 0 saturated carbocycles. The lowest BCUT2D eigenvalue weighted by Gasteiger charge is -2.26. The van der Waals surface area contributed by atoms with Crippen molar-refractivity contribution in [2.75, 3.05) is 25.5 Å². The number of anilines is 1. The third kappa shape index (κ3) is 4.76. The van der Waals surface area contributed by atoms with Gasteiger partial charge in [-0.25, -0.2) is 4.98 Å². The highest BCUT2D eigenvalue weighted by molar-refractivity contribution is 7.79. The highest BCUT2D eigenvalue weighted by Crippen LogP contribution is 2.33. The van der Waals surface area contributed by atoms with Crippen LogP contribution in [0.15, 0.2) is 23.2 Å². The first-order valence-electron chi connectivity index (χ1n) is 7.90. The van der Waals surface area contributed by atoms with Gasteiger partial charge >= 0.3 is 0 Å². The summed E-state index contributed by atoms with van der Waals surface area (Å²) in [5, 5.41) is 3.28. The smallest absolute Gasteiger partial charge is 0.127 e. The number of unbranched alkanes of at least 4 members (excludes halogenated alkanes) is 1. The van der Waals surface area contributed by atoms with Crippen molar-refractivity contribution in [2.24, 2.45) is 5.92 Å². The largest absolute Gasteiger partial charge is 0.767 e. The molecule has 1 aromatic heterocycles. The highest BCUT2D eigenvalue weighted by atomic mass is 32.2. The molecule has 0 aliphatic carbocycles. The van der Waals surface area contributed by atoms with E-state index < -0.39 is 11.1 Å². The van der Waals surface area contributed by atoms with Crippen molar-refractivity contribution in [1.29, 1.82) is 0 Å². The fourth-order valence-electron chi connectivity index (χ4n) is 3.14. The Balaban J connectivity index is 1.66. The molecule has 0 amide bonds. The molecule has 22 heavy (non-hydrogen) atoms. The van der Waals surface area contributed by atoms with Gasteiger partial charge in [0.2, 0.25) is 0 Å². The lowest BCUT2D eigenvalue weighted by molar-refractivity contribution is 0.218. The van der Waals surface area contributed by atoms with E-state index in [4.69, 9.17) is 0 Å². The molecule has 1 aromatic rings. The summed E-state index contributed by atoms with van der Waals surface area (Å²) in [6.07, 6.45) is 4.80. The Morgan fingerprint density at radius 3 is 2.86 bits per heavy atom. The summed E-state index contributed by atoms with van der Waals surface area (Å²) >= 11 is -2.27. The van der Waals surface area contributed by atoms with E-state index in [0.717, 1.165) is 18.9 Å². The number of likely N-dealkylation sites (tertiary alicyclic amines) is 1. The molecule has 1 aliphatic heterocycles. The van der Waals surface area contributed by atoms with Crippen LogP contribution in [0.25, 0.3) is 0 Å². The van der Waals surface area contributed by atoms with Gasteiger partial charge in [-0.15, -0.1) is 0 Å². The van der Waals surface area contributed by atoms with Gasteiger partial charge in [0.25, 0.3) is 0 Å². The van der Waals surface area contributed by atoms with Gasteiger partial charge < -0.3 is 14.8 Å². The molecule has 0 radical (unpaired) electrons. The number of rotatable bonds is 7. The van der Waals surface area contributed by atoms with Crippen LogP contribution in [0.1, 0.15) is 39.5 Å². The van der Waals surface area contributed by atoms with Crippen molar-refractivity contribution in [3.8, 4) is 0 Å². The van der Waals surface area contributed by atoms with E-state index in [1.54, 1.807) is 12.1 Å². The van der Waals surface area contributed by atoms with Crippen molar-refractivity contribution < 1.29 is 8.76 Å². The van der Waals surface area contributed by atoms with E-state index in [0.29, 0.717) is 11.4 Å². The number of hydrogen-bond donors (Lipinski definition) is 1. The summed E-state index contributed by atoms with van der Waals surface area (Å²) in [7, 11) is 2.21. The summed E-state index contributed by atoms with van der Waals surface area (Å²) in [6.45, 7) is 6.65. The van der Waals surface area contributed by atoms with Gasteiger partial charge in [-0.1, -0.05) is 12.5 Å². The summed E-state index contributed by atoms with van der Waals surface area (Å²) in [6, 6.07) is 4.99. The Labute approximate surface area is 135 Å². The van der Waals surface area contributed by atoms with Gasteiger partial charge in [0.1, 0.15) is 10.8 Å². The molecule has 0 spiro atoms. The maximum absolute atomic E-state index is 10.9. The van der Waals surface area contributed by atoms with E-state index in [9.17, 15) is 8.76 Å². The van der Waals surface area contributed by atoms with Crippen LogP contribution in [-0.4, -0.2) is 44.3 Å². The molecule has 0 aromatic carbocycles. The minimum absolute atomic E-state index is 0.0845. The first-order valence-corrected chi connectivity index (χ1v) is 8.97. The number of pyridine rings is 1. The third-order valence-electron chi connectivity index (χ3n) is 4.59. The first kappa shape index (κ1) is 17.4. The molecule has 2 heterocycles. The minimum Gasteiger partial charge on any atom is -0.767 e. The van der Waals surface area contributed by atoms with Gasteiger partial charge in [0, 0.05) is 18.6 Å². The molecular weight excluding hydrogens is 298 g/mol. The van der Waals surface area contributed by atoms with E-state index in [1.807, 2.05) is 0 Å². The number of nitrogens with zero attached hydrogens (tertiary/aromatic N) is 2. The Morgan fingerprint density at radius 2 is 2.23 bits per heavy atom. The van der Waals surface area contributed by atoms with Crippen LogP contribution in [0.4, 0.5) is 5.82 Å². The predicted octanol–water partition coefficient (Wildman–Crippen LogP) is 2.63. The fraction of sp³-hybridized carbons (Fsp3) is 0.688. The summed E-state index contributed by atoms with van der Waals surface area (Å²) in [4.78, 5) is 6.50. The maximum atomic E-state index is 10.9. The molecule has 0 bridgehead atoms. The average molecular weight is 324 g/mol. The van der Waals surface area contributed by atoms with E-state index >= 15 is 0 Å². The average Bonchev–Trinajstić information content (AvgIpc) is 2.72. The normalized spacial score (nSPS) is 22.6. The predicted molar refractivity (Wildman–Crippen MR) is 88.6 cm³/mol. The molecule has 2 atom stereocenters. The zero-order valence-electron chi connectivity index (χ0n) is 13.7.